The predicted octanol–water partition coefficient (Wildman–Crippen LogP) is 5.30. The van der Waals surface area contributed by atoms with Gasteiger partial charge >= 0.3 is 5.76 Å². The zero-order valence-electron chi connectivity index (χ0n) is 23.3. The maximum Gasteiger partial charge on any atom is 0.439 e. The van der Waals surface area contributed by atoms with Crippen LogP contribution in [0.1, 0.15) is 66.8 Å². The highest BCUT2D eigenvalue weighted by Crippen LogP contribution is 2.30. The molecule has 0 radical (unpaired) electrons. The second kappa shape index (κ2) is 11.1. The summed E-state index contributed by atoms with van der Waals surface area (Å²) in [6.07, 6.45) is 2.01. The highest BCUT2D eigenvalue weighted by Gasteiger charge is 2.21. The first-order chi connectivity index (χ1) is 19.1. The largest absolute Gasteiger partial charge is 0.439 e. The van der Waals surface area contributed by atoms with Crippen molar-refractivity contribution in [2.24, 2.45) is 0 Å². The van der Waals surface area contributed by atoms with E-state index in [1.165, 1.54) is 0 Å². The lowest BCUT2D eigenvalue weighted by Gasteiger charge is -2.16. The lowest BCUT2D eigenvalue weighted by molar-refractivity contribution is 0.388. The molecule has 40 heavy (non-hydrogen) atoms. The summed E-state index contributed by atoms with van der Waals surface area (Å²) >= 11 is 1.55. The number of aryl methyl sites for hydroxylation is 2. The number of hydrogen-bond acceptors (Lipinski definition) is 8. The van der Waals surface area contributed by atoms with Gasteiger partial charge in [-0.1, -0.05) is 81.4 Å². The molecule has 0 fully saturated rings. The molecule has 0 aliphatic rings. The molecule has 3 heterocycles. The van der Waals surface area contributed by atoms with Gasteiger partial charge in [-0.2, -0.15) is 0 Å². The van der Waals surface area contributed by atoms with Gasteiger partial charge in [0.15, 0.2) is 5.82 Å². The summed E-state index contributed by atoms with van der Waals surface area (Å²) < 4.78 is 6.50. The molecule has 0 aliphatic heterocycles. The summed E-state index contributed by atoms with van der Waals surface area (Å²) in [4.78, 5) is 32.8. The van der Waals surface area contributed by atoms with Gasteiger partial charge in [0.25, 0.3) is 5.56 Å². The molecular weight excluding hydrogens is 524 g/mol. The predicted molar refractivity (Wildman–Crippen MR) is 156 cm³/mol. The Morgan fingerprint density at radius 1 is 1.00 bits per heavy atom. The molecule has 0 amide bonds. The number of nitrogens with zero attached hydrogens (tertiary/aromatic N) is 5. The van der Waals surface area contributed by atoms with E-state index in [9.17, 15) is 9.59 Å². The number of aromatic amines is 1. The average Bonchev–Trinajstić information content (AvgIpc) is 3.59. The van der Waals surface area contributed by atoms with E-state index in [2.05, 4.69) is 48.0 Å². The molecule has 5 aromatic rings. The number of aromatic nitrogens is 6. The van der Waals surface area contributed by atoms with Crippen molar-refractivity contribution in [3.05, 3.63) is 102 Å². The maximum atomic E-state index is 13.8. The lowest BCUT2D eigenvalue weighted by Crippen LogP contribution is -2.30. The first-order valence-corrected chi connectivity index (χ1v) is 14.1. The molecule has 3 aromatic heterocycles. The number of hydrogen-bond donors (Lipinski definition) is 1. The van der Waals surface area contributed by atoms with Crippen molar-refractivity contribution in [2.75, 3.05) is 0 Å². The van der Waals surface area contributed by atoms with Gasteiger partial charge in [0.1, 0.15) is 15.8 Å². The Balaban J connectivity index is 1.46. The van der Waals surface area contributed by atoms with Crippen molar-refractivity contribution in [1.29, 1.82) is 0 Å². The Morgan fingerprint density at radius 3 is 2.35 bits per heavy atom. The summed E-state index contributed by atoms with van der Waals surface area (Å²) in [5.74, 6) is 0.565. The summed E-state index contributed by atoms with van der Waals surface area (Å²) in [5, 5.41) is 14.3. The van der Waals surface area contributed by atoms with Crippen LogP contribution in [0.5, 0.6) is 0 Å². The van der Waals surface area contributed by atoms with Crippen molar-refractivity contribution in [3.8, 4) is 22.5 Å². The number of H-pyrrole nitrogens is 1. The van der Waals surface area contributed by atoms with Crippen molar-refractivity contribution in [2.45, 2.75) is 65.8 Å². The van der Waals surface area contributed by atoms with Crippen LogP contribution in [0.4, 0.5) is 0 Å². The third-order valence-corrected chi connectivity index (χ3v) is 8.04. The lowest BCUT2D eigenvalue weighted by atomic mass is 9.98. The number of benzene rings is 2. The minimum absolute atomic E-state index is 0.0344. The Morgan fingerprint density at radius 2 is 1.73 bits per heavy atom. The summed E-state index contributed by atoms with van der Waals surface area (Å²) in [7, 11) is 0. The zero-order valence-corrected chi connectivity index (χ0v) is 24.1. The molecule has 1 N–H and O–H groups in total. The minimum atomic E-state index is -0.597. The van der Waals surface area contributed by atoms with Crippen LogP contribution in [0.2, 0.25) is 0 Å². The summed E-state index contributed by atoms with van der Waals surface area (Å²) in [5.41, 5.74) is 4.89. The first-order valence-electron chi connectivity index (χ1n) is 13.3. The van der Waals surface area contributed by atoms with Gasteiger partial charge in [-0.25, -0.2) is 9.78 Å². The van der Waals surface area contributed by atoms with Crippen LogP contribution in [-0.4, -0.2) is 29.9 Å². The molecule has 0 saturated carbocycles. The summed E-state index contributed by atoms with van der Waals surface area (Å²) in [6, 6.07) is 15.7. The molecular formula is C30H32N6O3S. The maximum absolute atomic E-state index is 13.8. The van der Waals surface area contributed by atoms with E-state index < -0.39 is 5.76 Å². The van der Waals surface area contributed by atoms with Gasteiger partial charge < -0.3 is 0 Å². The first kappa shape index (κ1) is 27.4. The third-order valence-electron chi connectivity index (χ3n) is 6.69. The fourth-order valence-electron chi connectivity index (χ4n) is 4.58. The van der Waals surface area contributed by atoms with E-state index in [4.69, 9.17) is 9.51 Å². The minimum Gasteiger partial charge on any atom is -0.296 e. The Hall–Kier alpha value is -4.18. The van der Waals surface area contributed by atoms with Gasteiger partial charge in [0.2, 0.25) is 0 Å². The van der Waals surface area contributed by atoms with Gasteiger partial charge in [0, 0.05) is 35.1 Å². The van der Waals surface area contributed by atoms with Crippen LogP contribution >= 0.6 is 11.3 Å². The van der Waals surface area contributed by atoms with E-state index in [0.29, 0.717) is 30.8 Å². The van der Waals surface area contributed by atoms with Gasteiger partial charge in [-0.3, -0.25) is 18.9 Å². The van der Waals surface area contributed by atoms with Crippen LogP contribution in [0, 0.1) is 6.92 Å². The smallest absolute Gasteiger partial charge is 0.296 e. The highest BCUT2D eigenvalue weighted by atomic mass is 32.1. The molecule has 0 aliphatic carbocycles. The third kappa shape index (κ3) is 5.72. The highest BCUT2D eigenvalue weighted by molar-refractivity contribution is 7.11. The second-order valence-electron chi connectivity index (χ2n) is 10.8. The molecule has 9 nitrogen and oxygen atoms in total. The quantitative estimate of drug-likeness (QED) is 0.275. The monoisotopic (exact) mass is 556 g/mol. The normalized spacial score (nSPS) is 11.7. The van der Waals surface area contributed by atoms with E-state index in [1.807, 2.05) is 55.5 Å². The van der Waals surface area contributed by atoms with E-state index in [0.717, 1.165) is 50.2 Å². The van der Waals surface area contributed by atoms with Crippen LogP contribution in [0.3, 0.4) is 0 Å². The fourth-order valence-corrected chi connectivity index (χ4v) is 5.49. The average molecular weight is 557 g/mol. The molecule has 0 unspecified atom stereocenters. The van der Waals surface area contributed by atoms with Crippen LogP contribution in [0.15, 0.2) is 62.6 Å². The number of rotatable bonds is 8. The zero-order chi connectivity index (χ0) is 28.4. The van der Waals surface area contributed by atoms with E-state index in [-0.39, 0.29) is 11.0 Å². The van der Waals surface area contributed by atoms with Crippen molar-refractivity contribution in [3.63, 3.8) is 0 Å². The van der Waals surface area contributed by atoms with Crippen molar-refractivity contribution >= 4 is 11.3 Å². The standard InChI is InChI=1S/C30H32N6O3S/c1-6-9-24-31-18(2)23(16-25-33-34-28(40-25)30(3,4)5)27(37)36(24)17-19-12-14-20(15-13-19)21-10-7-8-11-22(21)26-32-29(38)39-35-26/h7-8,10-15H,6,9,16-17H2,1-5H3,(H,32,35,38). The van der Waals surface area contributed by atoms with E-state index >= 15 is 0 Å². The second-order valence-corrected chi connectivity index (χ2v) is 11.9. The van der Waals surface area contributed by atoms with Gasteiger partial charge in [-0.15, -0.1) is 21.5 Å². The fraction of sp³-hybridized carbons (Fsp3) is 0.333. The molecule has 0 bridgehead atoms. The molecule has 5 rings (SSSR count). The molecule has 10 heteroatoms. The molecule has 0 spiro atoms. The van der Waals surface area contributed by atoms with Gasteiger partial charge in [-0.05, 0) is 30.0 Å². The number of nitrogens with one attached hydrogen (secondary N) is 1. The molecule has 0 atom stereocenters. The summed E-state index contributed by atoms with van der Waals surface area (Å²) in [6.45, 7) is 10.7. The molecule has 206 valence electrons. The molecule has 2 aromatic carbocycles. The van der Waals surface area contributed by atoms with Crippen LogP contribution in [-0.2, 0) is 24.8 Å². The van der Waals surface area contributed by atoms with E-state index in [1.54, 1.807) is 15.9 Å². The Bertz CT molecular complexity index is 1760. The Kier molecular flexibility index (Phi) is 7.62. The van der Waals surface area contributed by atoms with Crippen LogP contribution < -0.4 is 11.3 Å². The van der Waals surface area contributed by atoms with Gasteiger partial charge in [0.05, 0.1) is 6.54 Å². The molecule has 0 saturated heterocycles. The van der Waals surface area contributed by atoms with Crippen molar-refractivity contribution in [1.82, 2.24) is 29.9 Å². The van der Waals surface area contributed by atoms with Crippen LogP contribution in [0.25, 0.3) is 22.5 Å². The SMILES string of the molecule is CCCc1nc(C)c(Cc2nnc(C(C)(C)C)s2)c(=O)n1Cc1ccc(-c2ccccc2-c2noc(=O)[nH]2)cc1. The van der Waals surface area contributed by atoms with Crippen molar-refractivity contribution < 1.29 is 4.52 Å². The topological polar surface area (TPSA) is 120 Å². The Labute approximate surface area is 236 Å².